The lowest BCUT2D eigenvalue weighted by molar-refractivity contribution is -0.394. The van der Waals surface area contributed by atoms with Crippen LogP contribution in [0.25, 0.3) is 0 Å². The molecule has 10 heteroatoms. The molecule has 0 aliphatic carbocycles. The van der Waals surface area contributed by atoms with Crippen LogP contribution in [0.2, 0.25) is 0 Å². The first-order valence-electron chi connectivity index (χ1n) is 5.83. The number of carbonyl (C=O) groups is 1. The van der Waals surface area contributed by atoms with Gasteiger partial charge in [-0.3, -0.25) is 9.78 Å². The number of nitro groups is 1. The minimum absolute atomic E-state index is 0.178. The van der Waals surface area contributed by atoms with Crippen molar-refractivity contribution in [3.8, 4) is 0 Å². The van der Waals surface area contributed by atoms with Crippen molar-refractivity contribution in [3.05, 3.63) is 46.5 Å². The molecule has 108 valence electrons. The summed E-state index contributed by atoms with van der Waals surface area (Å²) in [6, 6.07) is 3.11. The van der Waals surface area contributed by atoms with E-state index in [2.05, 4.69) is 25.6 Å². The molecule has 0 aliphatic rings. The Bertz CT molecular complexity index is 680. The van der Waals surface area contributed by atoms with Crippen molar-refractivity contribution >= 4 is 17.6 Å². The van der Waals surface area contributed by atoms with Gasteiger partial charge in [-0.15, -0.1) is 0 Å². The summed E-state index contributed by atoms with van der Waals surface area (Å²) in [5.41, 5.74) is 3.31. The summed E-state index contributed by atoms with van der Waals surface area (Å²) in [7, 11) is 0. The molecule has 0 radical (unpaired) electrons. The highest BCUT2D eigenvalue weighted by molar-refractivity contribution is 5.95. The fraction of sp³-hybridized carbons (Fsp3) is 0.182. The maximum absolute atomic E-state index is 11.7. The molecule has 2 heterocycles. The molecule has 21 heavy (non-hydrogen) atoms. The van der Waals surface area contributed by atoms with Gasteiger partial charge in [0.15, 0.2) is 0 Å². The fourth-order valence-corrected chi connectivity index (χ4v) is 1.43. The smallest absolute Gasteiger partial charge is 0.390 e. The van der Waals surface area contributed by atoms with Crippen LogP contribution in [0.1, 0.15) is 17.3 Å². The topological polar surface area (TPSA) is 128 Å². The second-order valence-corrected chi connectivity index (χ2v) is 4.02. The molecule has 2 aromatic heterocycles. The van der Waals surface area contributed by atoms with Crippen LogP contribution in [0.5, 0.6) is 0 Å². The number of carbonyl (C=O) groups excluding carboxylic acids is 1. The highest BCUT2D eigenvalue weighted by atomic mass is 16.6. The van der Waals surface area contributed by atoms with E-state index in [-0.39, 0.29) is 12.5 Å². The van der Waals surface area contributed by atoms with Gasteiger partial charge < -0.3 is 10.1 Å². The van der Waals surface area contributed by atoms with Crippen LogP contribution >= 0.6 is 0 Å². The molecule has 2 aromatic rings. The molecule has 0 atom stereocenters. The van der Waals surface area contributed by atoms with Gasteiger partial charge in [-0.1, -0.05) is 4.98 Å². The average Bonchev–Trinajstić information content (AvgIpc) is 2.94. The van der Waals surface area contributed by atoms with E-state index in [1.54, 1.807) is 19.1 Å². The number of hydrazone groups is 1. The molecule has 1 N–H and O–H groups in total. The van der Waals surface area contributed by atoms with Gasteiger partial charge in [0.25, 0.3) is 5.91 Å². The van der Waals surface area contributed by atoms with E-state index in [9.17, 15) is 14.9 Å². The van der Waals surface area contributed by atoms with E-state index in [0.717, 1.165) is 0 Å². The van der Waals surface area contributed by atoms with Crippen molar-refractivity contribution < 1.29 is 9.72 Å². The monoisotopic (exact) mass is 289 g/mol. The Labute approximate surface area is 118 Å². The van der Waals surface area contributed by atoms with Gasteiger partial charge in [-0.25, -0.2) is 5.43 Å². The highest BCUT2D eigenvalue weighted by Crippen LogP contribution is 2.00. The van der Waals surface area contributed by atoms with Crippen LogP contribution in [0.3, 0.4) is 0 Å². The normalized spacial score (nSPS) is 11.2. The van der Waals surface area contributed by atoms with E-state index in [4.69, 9.17) is 0 Å². The molecule has 0 unspecified atom stereocenters. The molecule has 10 nitrogen and oxygen atoms in total. The zero-order valence-corrected chi connectivity index (χ0v) is 11.0. The molecule has 0 saturated carbocycles. The predicted octanol–water partition coefficient (Wildman–Crippen LogP) is 0.387. The summed E-state index contributed by atoms with van der Waals surface area (Å²) in [4.78, 5) is 28.8. The SMILES string of the molecule is C/C(Cn1cnc([N+](=O)[O-])n1)=N/NC(=O)c1ccncc1. The number of rotatable bonds is 5. The Balaban J connectivity index is 1.95. The fourth-order valence-electron chi connectivity index (χ4n) is 1.43. The molecular weight excluding hydrogens is 278 g/mol. The molecule has 0 saturated heterocycles. The van der Waals surface area contributed by atoms with Crippen molar-refractivity contribution in [1.82, 2.24) is 25.2 Å². The highest BCUT2D eigenvalue weighted by Gasteiger charge is 2.13. The average molecular weight is 289 g/mol. The predicted molar refractivity (Wildman–Crippen MR) is 71.5 cm³/mol. The van der Waals surface area contributed by atoms with E-state index in [1.807, 2.05) is 0 Å². The van der Waals surface area contributed by atoms with Crippen molar-refractivity contribution in [2.24, 2.45) is 5.10 Å². The number of aromatic nitrogens is 4. The van der Waals surface area contributed by atoms with Gasteiger partial charge in [0.2, 0.25) is 6.33 Å². The van der Waals surface area contributed by atoms with Gasteiger partial charge in [-0.05, 0) is 24.0 Å². The second-order valence-electron chi connectivity index (χ2n) is 4.02. The largest absolute Gasteiger partial charge is 0.490 e. The molecule has 1 amide bonds. The van der Waals surface area contributed by atoms with E-state index < -0.39 is 10.9 Å². The third-order valence-electron chi connectivity index (χ3n) is 2.37. The zero-order chi connectivity index (χ0) is 15.2. The zero-order valence-electron chi connectivity index (χ0n) is 11.0. The van der Waals surface area contributed by atoms with Crippen LogP contribution in [-0.2, 0) is 6.54 Å². The number of hydrogen-bond donors (Lipinski definition) is 1. The van der Waals surface area contributed by atoms with Gasteiger partial charge in [0, 0.05) is 23.1 Å². The molecule has 0 bridgehead atoms. The Morgan fingerprint density at radius 2 is 2.19 bits per heavy atom. The van der Waals surface area contributed by atoms with E-state index in [1.165, 1.54) is 23.4 Å². The van der Waals surface area contributed by atoms with Crippen LogP contribution < -0.4 is 5.43 Å². The molecule has 0 aliphatic heterocycles. The minimum atomic E-state index is -0.686. The summed E-state index contributed by atoms with van der Waals surface area (Å²) in [6.45, 7) is 1.83. The summed E-state index contributed by atoms with van der Waals surface area (Å²) in [5, 5.41) is 18.0. The number of hydrogen-bond acceptors (Lipinski definition) is 7. The van der Waals surface area contributed by atoms with Gasteiger partial charge in [0.1, 0.15) is 0 Å². The minimum Gasteiger partial charge on any atom is -0.390 e. The van der Waals surface area contributed by atoms with Crippen LogP contribution in [-0.4, -0.2) is 36.3 Å². The third-order valence-corrected chi connectivity index (χ3v) is 2.37. The number of nitrogens with zero attached hydrogens (tertiary/aromatic N) is 6. The van der Waals surface area contributed by atoms with E-state index in [0.29, 0.717) is 11.3 Å². The number of pyridine rings is 1. The van der Waals surface area contributed by atoms with Crippen molar-refractivity contribution in [1.29, 1.82) is 0 Å². The van der Waals surface area contributed by atoms with Gasteiger partial charge >= 0.3 is 5.95 Å². The summed E-state index contributed by atoms with van der Waals surface area (Å²) in [6.07, 6.45) is 4.22. The molecule has 0 aromatic carbocycles. The molecular formula is C11H11N7O3. The maximum Gasteiger partial charge on any atom is 0.490 e. The lowest BCUT2D eigenvalue weighted by Crippen LogP contribution is -2.20. The molecule has 0 spiro atoms. The Hall–Kier alpha value is -3.17. The van der Waals surface area contributed by atoms with Crippen molar-refractivity contribution in [3.63, 3.8) is 0 Å². The number of amides is 1. The first-order chi connectivity index (χ1) is 10.1. The first-order valence-corrected chi connectivity index (χ1v) is 5.83. The Kier molecular flexibility index (Phi) is 4.29. The van der Waals surface area contributed by atoms with Gasteiger partial charge in [-0.2, -0.15) is 9.78 Å². The molecule has 0 fully saturated rings. The quantitative estimate of drug-likeness (QED) is 0.481. The van der Waals surface area contributed by atoms with Crippen molar-refractivity contribution in [2.75, 3.05) is 0 Å². The Morgan fingerprint density at radius 3 is 2.81 bits per heavy atom. The number of nitrogens with one attached hydrogen (secondary N) is 1. The summed E-state index contributed by atoms with van der Waals surface area (Å²) < 4.78 is 1.26. The van der Waals surface area contributed by atoms with Crippen LogP contribution in [0.15, 0.2) is 36.0 Å². The first kappa shape index (κ1) is 14.2. The standard InChI is InChI=1S/C11H11N7O3/c1-8(6-17-7-13-11(16-17)18(20)21)14-15-10(19)9-2-4-12-5-3-9/h2-5,7H,6H2,1H3,(H,15,19)/b14-8-. The van der Waals surface area contributed by atoms with Crippen LogP contribution in [0, 0.1) is 10.1 Å². The van der Waals surface area contributed by atoms with Crippen LogP contribution in [0.4, 0.5) is 5.95 Å². The summed E-state index contributed by atoms with van der Waals surface area (Å²) in [5.74, 6) is -0.857. The van der Waals surface area contributed by atoms with Gasteiger partial charge in [0.05, 0.1) is 12.3 Å². The van der Waals surface area contributed by atoms with Crippen molar-refractivity contribution in [2.45, 2.75) is 13.5 Å². The third kappa shape index (κ3) is 3.89. The lowest BCUT2D eigenvalue weighted by Gasteiger charge is -2.01. The second kappa shape index (κ2) is 6.32. The lowest BCUT2D eigenvalue weighted by atomic mass is 10.3. The maximum atomic E-state index is 11.7. The van der Waals surface area contributed by atoms with E-state index >= 15 is 0 Å². The molecule has 2 rings (SSSR count). The summed E-state index contributed by atoms with van der Waals surface area (Å²) >= 11 is 0. The Morgan fingerprint density at radius 1 is 1.48 bits per heavy atom.